The number of hydrogen-bond acceptors (Lipinski definition) is 5. The van der Waals surface area contributed by atoms with Crippen molar-refractivity contribution in [2.75, 3.05) is 24.6 Å². The third kappa shape index (κ3) is 5.67. The first-order valence-corrected chi connectivity index (χ1v) is 8.42. The molecule has 0 spiro atoms. The molecule has 1 amide bonds. The number of hydrogen-bond donors (Lipinski definition) is 2. The van der Waals surface area contributed by atoms with Crippen LogP contribution in [0.25, 0.3) is 0 Å². The third-order valence-electron chi connectivity index (χ3n) is 3.79. The first-order chi connectivity index (χ1) is 12.9. The number of halogens is 2. The smallest absolute Gasteiger partial charge is 0.277 e. The number of aromatic hydroxyl groups is 1. The van der Waals surface area contributed by atoms with Crippen LogP contribution in [0.5, 0.6) is 11.5 Å². The van der Waals surface area contributed by atoms with Crippen molar-refractivity contribution < 1.29 is 23.4 Å². The molecule has 0 aromatic heterocycles. The van der Waals surface area contributed by atoms with Crippen molar-refractivity contribution in [1.82, 2.24) is 5.43 Å². The molecule has 0 atom stereocenters. The van der Waals surface area contributed by atoms with Crippen molar-refractivity contribution in [2.24, 2.45) is 5.10 Å². The summed E-state index contributed by atoms with van der Waals surface area (Å²) in [6.45, 7) is 5.17. The lowest BCUT2D eigenvalue weighted by Gasteiger charge is -2.21. The summed E-state index contributed by atoms with van der Waals surface area (Å²) in [4.78, 5) is 13.8. The number of nitrogens with one attached hydrogen (secondary N) is 1. The van der Waals surface area contributed by atoms with Gasteiger partial charge in [-0.1, -0.05) is 0 Å². The van der Waals surface area contributed by atoms with E-state index in [2.05, 4.69) is 15.4 Å². The molecule has 0 saturated carbocycles. The van der Waals surface area contributed by atoms with Crippen LogP contribution in [0.15, 0.2) is 41.5 Å². The highest BCUT2D eigenvalue weighted by Crippen LogP contribution is 2.23. The number of nitrogens with zero attached hydrogens (tertiary/aromatic N) is 2. The van der Waals surface area contributed by atoms with Crippen LogP contribution in [-0.4, -0.2) is 36.9 Å². The van der Waals surface area contributed by atoms with Crippen molar-refractivity contribution in [3.8, 4) is 11.5 Å². The molecule has 0 radical (unpaired) electrons. The summed E-state index contributed by atoms with van der Waals surface area (Å²) in [5.41, 5.74) is 3.52. The first kappa shape index (κ1) is 20.2. The molecule has 0 saturated heterocycles. The Bertz CT molecular complexity index is 824. The van der Waals surface area contributed by atoms with Gasteiger partial charge in [0.25, 0.3) is 5.91 Å². The molecule has 0 aliphatic heterocycles. The van der Waals surface area contributed by atoms with E-state index in [1.54, 1.807) is 12.1 Å². The zero-order valence-electron chi connectivity index (χ0n) is 15.1. The van der Waals surface area contributed by atoms with E-state index in [4.69, 9.17) is 4.74 Å². The molecule has 2 aromatic rings. The fourth-order valence-electron chi connectivity index (χ4n) is 2.37. The fourth-order valence-corrected chi connectivity index (χ4v) is 2.37. The maximum Gasteiger partial charge on any atom is 0.277 e. The second-order valence-electron chi connectivity index (χ2n) is 5.57. The lowest BCUT2D eigenvalue weighted by atomic mass is 10.2. The predicted octanol–water partition coefficient (Wildman–Crippen LogP) is 3.05. The molecule has 2 N–H and O–H groups in total. The lowest BCUT2D eigenvalue weighted by Crippen LogP contribution is -2.24. The van der Waals surface area contributed by atoms with E-state index in [0.29, 0.717) is 11.6 Å². The van der Waals surface area contributed by atoms with Crippen LogP contribution < -0.4 is 15.1 Å². The molecule has 0 bridgehead atoms. The number of carbonyl (C=O) groups is 1. The van der Waals surface area contributed by atoms with Gasteiger partial charge in [-0.25, -0.2) is 14.2 Å². The lowest BCUT2D eigenvalue weighted by molar-refractivity contribution is -0.123. The maximum absolute atomic E-state index is 13.4. The molecule has 0 fully saturated rings. The molecule has 2 rings (SSSR count). The summed E-state index contributed by atoms with van der Waals surface area (Å²) < 4.78 is 31.2. The number of phenols is 1. The van der Waals surface area contributed by atoms with Gasteiger partial charge in [0.05, 0.1) is 6.21 Å². The Morgan fingerprint density at radius 2 is 1.96 bits per heavy atom. The van der Waals surface area contributed by atoms with E-state index < -0.39 is 24.1 Å². The number of benzene rings is 2. The highest BCUT2D eigenvalue weighted by Gasteiger charge is 2.08. The SMILES string of the molecule is CCN(CC)c1ccc(C=NNC(=O)COc2ccc(F)cc2F)c(O)c1. The van der Waals surface area contributed by atoms with Gasteiger partial charge in [0.2, 0.25) is 0 Å². The average molecular weight is 377 g/mol. The van der Waals surface area contributed by atoms with Gasteiger partial charge < -0.3 is 14.7 Å². The van der Waals surface area contributed by atoms with E-state index in [-0.39, 0.29) is 11.5 Å². The molecule has 0 unspecified atom stereocenters. The molecular weight excluding hydrogens is 356 g/mol. The Balaban J connectivity index is 1.90. The Kier molecular flexibility index (Phi) is 7.10. The van der Waals surface area contributed by atoms with Crippen LogP contribution in [-0.2, 0) is 4.79 Å². The normalized spacial score (nSPS) is 10.8. The Morgan fingerprint density at radius 3 is 2.59 bits per heavy atom. The van der Waals surface area contributed by atoms with Crippen LogP contribution in [0.4, 0.5) is 14.5 Å². The molecule has 8 heteroatoms. The minimum Gasteiger partial charge on any atom is -0.507 e. The van der Waals surface area contributed by atoms with Gasteiger partial charge >= 0.3 is 0 Å². The average Bonchev–Trinajstić information content (AvgIpc) is 2.63. The van der Waals surface area contributed by atoms with Gasteiger partial charge in [-0.3, -0.25) is 4.79 Å². The minimum absolute atomic E-state index is 0.0297. The highest BCUT2D eigenvalue weighted by atomic mass is 19.1. The first-order valence-electron chi connectivity index (χ1n) is 8.42. The third-order valence-corrected chi connectivity index (χ3v) is 3.79. The molecule has 6 nitrogen and oxygen atoms in total. The van der Waals surface area contributed by atoms with Crippen molar-refractivity contribution in [3.63, 3.8) is 0 Å². The molecule has 0 aliphatic rings. The molecule has 144 valence electrons. The summed E-state index contributed by atoms with van der Waals surface area (Å²) in [5.74, 6) is -2.47. The fraction of sp³-hybridized carbons (Fsp3) is 0.263. The van der Waals surface area contributed by atoms with E-state index in [1.165, 1.54) is 6.21 Å². The zero-order valence-corrected chi connectivity index (χ0v) is 15.1. The van der Waals surface area contributed by atoms with Crippen LogP contribution in [0, 0.1) is 11.6 Å². The largest absolute Gasteiger partial charge is 0.507 e. The highest BCUT2D eigenvalue weighted by molar-refractivity contribution is 5.86. The van der Waals surface area contributed by atoms with Crippen LogP contribution in [0.1, 0.15) is 19.4 Å². The number of amides is 1. The predicted molar refractivity (Wildman–Crippen MR) is 99.3 cm³/mol. The number of hydrazone groups is 1. The van der Waals surface area contributed by atoms with Gasteiger partial charge in [0, 0.05) is 36.5 Å². The monoisotopic (exact) mass is 377 g/mol. The Hall–Kier alpha value is -3.16. The summed E-state index contributed by atoms with van der Waals surface area (Å²) in [6, 6.07) is 7.93. The molecule has 0 aliphatic carbocycles. The summed E-state index contributed by atoms with van der Waals surface area (Å²) in [7, 11) is 0. The van der Waals surface area contributed by atoms with Crippen molar-refractivity contribution in [2.45, 2.75) is 13.8 Å². The standard InChI is InChI=1S/C19H21F2N3O3/c1-3-24(4-2)15-7-5-13(17(25)10-15)11-22-23-19(26)12-27-18-8-6-14(20)9-16(18)21/h5-11,25H,3-4,12H2,1-2H3,(H,23,26). The summed E-state index contributed by atoms with van der Waals surface area (Å²) in [6.07, 6.45) is 1.29. The van der Waals surface area contributed by atoms with Gasteiger partial charge in [0.1, 0.15) is 11.6 Å². The number of ether oxygens (including phenoxy) is 1. The molecule has 2 aromatic carbocycles. The van der Waals surface area contributed by atoms with E-state index in [1.807, 2.05) is 19.9 Å². The van der Waals surface area contributed by atoms with E-state index in [9.17, 15) is 18.7 Å². The number of phenolic OH excluding ortho intramolecular Hbond substituents is 1. The van der Waals surface area contributed by atoms with Gasteiger partial charge in [-0.15, -0.1) is 0 Å². The second kappa shape index (κ2) is 9.51. The topological polar surface area (TPSA) is 74.2 Å². The number of rotatable bonds is 8. The summed E-state index contributed by atoms with van der Waals surface area (Å²) in [5, 5.41) is 13.8. The quantitative estimate of drug-likeness (QED) is 0.548. The maximum atomic E-state index is 13.4. The van der Waals surface area contributed by atoms with Gasteiger partial charge in [0.15, 0.2) is 18.2 Å². The second-order valence-corrected chi connectivity index (χ2v) is 5.57. The molecular formula is C19H21F2N3O3. The van der Waals surface area contributed by atoms with Crippen LogP contribution in [0.2, 0.25) is 0 Å². The van der Waals surface area contributed by atoms with Crippen LogP contribution in [0.3, 0.4) is 0 Å². The minimum atomic E-state index is -0.899. The number of carbonyl (C=O) groups excluding carboxylic acids is 1. The van der Waals surface area contributed by atoms with E-state index in [0.717, 1.165) is 30.9 Å². The Morgan fingerprint density at radius 1 is 1.22 bits per heavy atom. The van der Waals surface area contributed by atoms with Gasteiger partial charge in [-0.2, -0.15) is 5.10 Å². The van der Waals surface area contributed by atoms with Gasteiger partial charge in [-0.05, 0) is 38.1 Å². The van der Waals surface area contributed by atoms with E-state index >= 15 is 0 Å². The molecule has 0 heterocycles. The van der Waals surface area contributed by atoms with Crippen LogP contribution >= 0.6 is 0 Å². The molecule has 27 heavy (non-hydrogen) atoms. The van der Waals surface area contributed by atoms with Crippen molar-refractivity contribution in [3.05, 3.63) is 53.6 Å². The Labute approximate surface area is 156 Å². The van der Waals surface area contributed by atoms with Crippen molar-refractivity contribution in [1.29, 1.82) is 0 Å². The van der Waals surface area contributed by atoms with Crippen molar-refractivity contribution >= 4 is 17.8 Å². The number of anilines is 1. The zero-order chi connectivity index (χ0) is 19.8. The summed E-state index contributed by atoms with van der Waals surface area (Å²) >= 11 is 0.